The number of hydrogen-bond acceptors (Lipinski definition) is 4. The predicted octanol–water partition coefficient (Wildman–Crippen LogP) is 2.38. The van der Waals surface area contributed by atoms with Crippen LogP contribution in [0.3, 0.4) is 0 Å². The van der Waals surface area contributed by atoms with Crippen LogP contribution in [0.25, 0.3) is 5.69 Å². The molecule has 0 unspecified atom stereocenters. The van der Waals surface area contributed by atoms with Gasteiger partial charge in [-0.1, -0.05) is 25.1 Å². The smallest absolute Gasteiger partial charge is 0.342 e. The molecule has 2 aromatic rings. The Labute approximate surface area is 122 Å². The molecule has 0 radical (unpaired) electrons. The monoisotopic (exact) mass is 290 g/mol. The third-order valence-electron chi connectivity index (χ3n) is 2.77. The summed E-state index contributed by atoms with van der Waals surface area (Å²) in [4.78, 5) is 11.2. The van der Waals surface area contributed by atoms with E-state index in [-0.39, 0.29) is 18.1 Å². The van der Waals surface area contributed by atoms with Crippen molar-refractivity contribution in [2.24, 2.45) is 0 Å². The van der Waals surface area contributed by atoms with Crippen LogP contribution in [0.2, 0.25) is 0 Å². The molecule has 1 heterocycles. The summed E-state index contributed by atoms with van der Waals surface area (Å²) in [6.07, 6.45) is 2.22. The highest BCUT2D eigenvalue weighted by Gasteiger charge is 2.19. The second-order valence-electron chi connectivity index (χ2n) is 4.38. The minimum Gasteiger partial charge on any atom is -0.477 e. The number of carboxylic acid groups (broad SMARTS) is 1. The number of nitrogens with zero attached hydrogens (tertiary/aromatic N) is 2. The van der Waals surface area contributed by atoms with Crippen LogP contribution in [0.4, 0.5) is 0 Å². The van der Waals surface area contributed by atoms with Gasteiger partial charge in [0.05, 0.1) is 18.5 Å². The molecule has 112 valence electrons. The molecular weight excluding hydrogens is 272 g/mol. The maximum absolute atomic E-state index is 11.2. The van der Waals surface area contributed by atoms with E-state index in [4.69, 9.17) is 9.47 Å². The molecule has 0 saturated carbocycles. The third-order valence-corrected chi connectivity index (χ3v) is 2.77. The second kappa shape index (κ2) is 7.44. The molecule has 1 aromatic heterocycles. The molecule has 1 N–H and O–H groups in total. The highest BCUT2D eigenvalue weighted by molar-refractivity contribution is 5.90. The van der Waals surface area contributed by atoms with Crippen LogP contribution in [0.5, 0.6) is 5.88 Å². The lowest BCUT2D eigenvalue weighted by molar-refractivity contribution is 0.0684. The first-order chi connectivity index (χ1) is 10.2. The Hall–Kier alpha value is -2.34. The average Bonchev–Trinajstić information content (AvgIpc) is 2.92. The van der Waals surface area contributed by atoms with Crippen molar-refractivity contribution in [3.63, 3.8) is 0 Å². The van der Waals surface area contributed by atoms with Gasteiger partial charge in [-0.25, -0.2) is 9.48 Å². The molecule has 0 atom stereocenters. The largest absolute Gasteiger partial charge is 0.477 e. The Kier molecular flexibility index (Phi) is 5.34. The van der Waals surface area contributed by atoms with Crippen molar-refractivity contribution in [3.8, 4) is 11.6 Å². The number of rotatable bonds is 8. The van der Waals surface area contributed by atoms with Crippen LogP contribution < -0.4 is 4.74 Å². The fraction of sp³-hybridized carbons (Fsp3) is 0.333. The zero-order valence-corrected chi connectivity index (χ0v) is 11.9. The number of carbonyl (C=O) groups is 1. The van der Waals surface area contributed by atoms with Crippen LogP contribution in [0.15, 0.2) is 36.5 Å². The number of hydrogen-bond donors (Lipinski definition) is 1. The van der Waals surface area contributed by atoms with Crippen LogP contribution in [0, 0.1) is 0 Å². The first kappa shape index (κ1) is 15.1. The summed E-state index contributed by atoms with van der Waals surface area (Å²) in [5, 5.41) is 13.3. The van der Waals surface area contributed by atoms with Crippen molar-refractivity contribution in [1.82, 2.24) is 9.78 Å². The highest BCUT2D eigenvalue weighted by Crippen LogP contribution is 2.22. The van der Waals surface area contributed by atoms with Gasteiger partial charge in [0.2, 0.25) is 5.88 Å². The molecule has 0 bridgehead atoms. The highest BCUT2D eigenvalue weighted by atomic mass is 16.5. The van der Waals surface area contributed by atoms with E-state index in [1.54, 1.807) is 0 Å². The van der Waals surface area contributed by atoms with Gasteiger partial charge in [-0.15, -0.1) is 0 Å². The standard InChI is InChI=1S/C15H18N2O4/c1-2-8-20-9-10-21-14-13(15(18)19)11-16-17(14)12-6-4-3-5-7-12/h3-7,11H,2,8-10H2,1H3,(H,18,19). The quantitative estimate of drug-likeness (QED) is 0.756. The van der Waals surface area contributed by atoms with E-state index in [1.807, 2.05) is 37.3 Å². The predicted molar refractivity (Wildman–Crippen MR) is 77.1 cm³/mol. The number of aromatic carboxylic acids is 1. The van der Waals surface area contributed by atoms with E-state index in [2.05, 4.69) is 5.10 Å². The maximum Gasteiger partial charge on any atom is 0.342 e. The molecule has 0 fully saturated rings. The van der Waals surface area contributed by atoms with Crippen molar-refractivity contribution in [1.29, 1.82) is 0 Å². The van der Waals surface area contributed by atoms with Crippen LogP contribution in [-0.2, 0) is 4.74 Å². The van der Waals surface area contributed by atoms with E-state index >= 15 is 0 Å². The Bertz CT molecular complexity index is 581. The first-order valence-corrected chi connectivity index (χ1v) is 6.81. The van der Waals surface area contributed by atoms with E-state index < -0.39 is 5.97 Å². The molecule has 21 heavy (non-hydrogen) atoms. The minimum atomic E-state index is -1.07. The van der Waals surface area contributed by atoms with Crippen molar-refractivity contribution >= 4 is 5.97 Å². The van der Waals surface area contributed by atoms with Crippen molar-refractivity contribution in [2.75, 3.05) is 19.8 Å². The van der Waals surface area contributed by atoms with E-state index in [0.29, 0.717) is 13.2 Å². The molecule has 6 nitrogen and oxygen atoms in total. The zero-order valence-electron chi connectivity index (χ0n) is 11.9. The Balaban J connectivity index is 2.16. The summed E-state index contributed by atoms with van der Waals surface area (Å²) >= 11 is 0. The number of ether oxygens (including phenoxy) is 2. The fourth-order valence-corrected chi connectivity index (χ4v) is 1.82. The molecule has 1 aromatic carbocycles. The molecule has 0 aliphatic carbocycles. The van der Waals surface area contributed by atoms with Gasteiger partial charge in [-0.3, -0.25) is 0 Å². The Morgan fingerprint density at radius 1 is 1.24 bits per heavy atom. The number of benzene rings is 1. The first-order valence-electron chi connectivity index (χ1n) is 6.81. The summed E-state index contributed by atoms with van der Waals surface area (Å²) in [5.41, 5.74) is 0.781. The van der Waals surface area contributed by atoms with Crippen LogP contribution >= 0.6 is 0 Å². The lowest BCUT2D eigenvalue weighted by Crippen LogP contribution is -2.12. The zero-order chi connectivity index (χ0) is 15.1. The van der Waals surface area contributed by atoms with Gasteiger partial charge in [-0.2, -0.15) is 5.10 Å². The number of para-hydroxylation sites is 1. The third kappa shape index (κ3) is 3.82. The molecular formula is C15H18N2O4. The summed E-state index contributed by atoms with van der Waals surface area (Å²) in [5.74, 6) is -0.851. The second-order valence-corrected chi connectivity index (χ2v) is 4.38. The molecule has 0 saturated heterocycles. The SMILES string of the molecule is CCCOCCOc1c(C(=O)O)cnn1-c1ccccc1. The van der Waals surface area contributed by atoms with Gasteiger partial charge in [0.1, 0.15) is 12.2 Å². The van der Waals surface area contributed by atoms with Crippen LogP contribution in [-0.4, -0.2) is 40.7 Å². The van der Waals surface area contributed by atoms with Gasteiger partial charge in [0.25, 0.3) is 0 Å². The molecule has 6 heteroatoms. The summed E-state index contributed by atoms with van der Waals surface area (Å²) < 4.78 is 12.4. The average molecular weight is 290 g/mol. The van der Waals surface area contributed by atoms with Gasteiger partial charge in [0, 0.05) is 6.61 Å². The van der Waals surface area contributed by atoms with Crippen molar-refractivity contribution < 1.29 is 19.4 Å². The summed E-state index contributed by atoms with van der Waals surface area (Å²) in [6, 6.07) is 9.25. The van der Waals surface area contributed by atoms with Crippen molar-refractivity contribution in [3.05, 3.63) is 42.1 Å². The summed E-state index contributed by atoms with van der Waals surface area (Å²) in [6.45, 7) is 3.37. The number of aromatic nitrogens is 2. The topological polar surface area (TPSA) is 73.6 Å². The van der Waals surface area contributed by atoms with Crippen LogP contribution in [0.1, 0.15) is 23.7 Å². The van der Waals surface area contributed by atoms with Gasteiger partial charge in [0.15, 0.2) is 0 Å². The van der Waals surface area contributed by atoms with E-state index in [1.165, 1.54) is 10.9 Å². The molecule has 2 rings (SSSR count). The summed E-state index contributed by atoms with van der Waals surface area (Å²) in [7, 11) is 0. The molecule has 0 aliphatic rings. The van der Waals surface area contributed by atoms with Gasteiger partial charge < -0.3 is 14.6 Å². The van der Waals surface area contributed by atoms with E-state index in [9.17, 15) is 9.90 Å². The number of carboxylic acids is 1. The molecule has 0 spiro atoms. The molecule has 0 aliphatic heterocycles. The van der Waals surface area contributed by atoms with Gasteiger partial charge in [-0.05, 0) is 18.6 Å². The lowest BCUT2D eigenvalue weighted by atomic mass is 10.3. The van der Waals surface area contributed by atoms with Gasteiger partial charge >= 0.3 is 5.97 Å². The normalized spacial score (nSPS) is 10.5. The van der Waals surface area contributed by atoms with Crippen molar-refractivity contribution in [2.45, 2.75) is 13.3 Å². The Morgan fingerprint density at radius 3 is 2.67 bits per heavy atom. The Morgan fingerprint density at radius 2 is 2.00 bits per heavy atom. The molecule has 0 amide bonds. The lowest BCUT2D eigenvalue weighted by Gasteiger charge is -2.10. The minimum absolute atomic E-state index is 0.0364. The maximum atomic E-state index is 11.2. The van der Waals surface area contributed by atoms with E-state index in [0.717, 1.165) is 12.1 Å². The fourth-order valence-electron chi connectivity index (χ4n) is 1.82.